The van der Waals surface area contributed by atoms with Crippen molar-refractivity contribution in [3.63, 3.8) is 0 Å². The van der Waals surface area contributed by atoms with E-state index in [1.54, 1.807) is 30.3 Å². The first-order valence-corrected chi connectivity index (χ1v) is 7.64. The molecule has 8 heteroatoms. The summed E-state index contributed by atoms with van der Waals surface area (Å²) in [7, 11) is 0. The zero-order chi connectivity index (χ0) is 16.9. The fourth-order valence-corrected chi connectivity index (χ4v) is 2.50. The molecule has 0 fully saturated rings. The molecule has 0 saturated heterocycles. The number of benzene rings is 2. The minimum Gasteiger partial charge on any atom is -0.489 e. The summed E-state index contributed by atoms with van der Waals surface area (Å²) in [6.45, 7) is 1.11. The third-order valence-electron chi connectivity index (χ3n) is 3.32. The first kappa shape index (κ1) is 16.1. The van der Waals surface area contributed by atoms with Gasteiger partial charge in [-0.2, -0.15) is 5.10 Å². The summed E-state index contributed by atoms with van der Waals surface area (Å²) in [6.07, 6.45) is 2.30. The lowest BCUT2D eigenvalue weighted by Gasteiger charge is -2.09. The molecule has 0 unspecified atom stereocenters. The molecule has 0 radical (unpaired) electrons. The molecule has 2 aromatic rings. The van der Waals surface area contributed by atoms with E-state index in [2.05, 4.69) is 10.5 Å². The van der Waals surface area contributed by atoms with Crippen LogP contribution < -0.4 is 14.9 Å². The predicted molar refractivity (Wildman–Crippen MR) is 91.4 cm³/mol. The van der Waals surface area contributed by atoms with Gasteiger partial charge in [-0.15, -0.1) is 0 Å². The number of nitro benzene ring substituents is 1. The van der Waals surface area contributed by atoms with E-state index in [0.29, 0.717) is 41.0 Å². The van der Waals surface area contributed by atoms with E-state index in [-0.39, 0.29) is 5.69 Å². The average Bonchev–Trinajstić information content (AvgIpc) is 2.81. The van der Waals surface area contributed by atoms with Gasteiger partial charge in [-0.3, -0.25) is 15.5 Å². The van der Waals surface area contributed by atoms with Crippen LogP contribution in [0.2, 0.25) is 5.02 Å². The molecule has 1 aliphatic heterocycles. The molecule has 0 atom stereocenters. The van der Waals surface area contributed by atoms with E-state index in [1.807, 2.05) is 0 Å². The van der Waals surface area contributed by atoms with Crippen LogP contribution >= 0.6 is 11.6 Å². The second-order valence-corrected chi connectivity index (χ2v) is 5.43. The van der Waals surface area contributed by atoms with Gasteiger partial charge < -0.3 is 9.47 Å². The fraction of sp³-hybridized carbons (Fsp3) is 0.188. The van der Waals surface area contributed by atoms with Gasteiger partial charge in [0.25, 0.3) is 5.69 Å². The number of anilines is 1. The van der Waals surface area contributed by atoms with E-state index >= 15 is 0 Å². The molecule has 0 bridgehead atoms. The molecule has 0 amide bonds. The maximum atomic E-state index is 11.0. The largest absolute Gasteiger partial charge is 0.489 e. The lowest BCUT2D eigenvalue weighted by molar-refractivity contribution is -0.384. The number of nitrogens with zero attached hydrogens (tertiary/aromatic N) is 2. The van der Waals surface area contributed by atoms with Crippen LogP contribution in [-0.2, 0) is 0 Å². The van der Waals surface area contributed by atoms with E-state index < -0.39 is 4.92 Å². The van der Waals surface area contributed by atoms with Crippen molar-refractivity contribution in [2.75, 3.05) is 18.6 Å². The van der Waals surface area contributed by atoms with Crippen LogP contribution in [0, 0.1) is 10.1 Å². The van der Waals surface area contributed by atoms with Crippen molar-refractivity contribution in [2.24, 2.45) is 5.10 Å². The SMILES string of the molecule is O=[N+]([O-])c1ccccc1N/N=C\c1cc(Cl)c2c(c1)OCCCO2. The number of hydrogen-bond acceptors (Lipinski definition) is 6. The molecule has 1 N–H and O–H groups in total. The van der Waals surface area contributed by atoms with Gasteiger partial charge in [0.2, 0.25) is 0 Å². The average molecular weight is 348 g/mol. The number of fused-ring (bicyclic) bond motifs is 1. The molecule has 7 nitrogen and oxygen atoms in total. The molecule has 124 valence electrons. The molecule has 24 heavy (non-hydrogen) atoms. The van der Waals surface area contributed by atoms with E-state index in [1.165, 1.54) is 12.3 Å². The van der Waals surface area contributed by atoms with Gasteiger partial charge in [0.05, 0.1) is 29.4 Å². The number of rotatable bonds is 4. The lowest BCUT2D eigenvalue weighted by atomic mass is 10.2. The van der Waals surface area contributed by atoms with E-state index in [9.17, 15) is 10.1 Å². The second kappa shape index (κ2) is 7.18. The van der Waals surface area contributed by atoms with Crippen molar-refractivity contribution in [2.45, 2.75) is 6.42 Å². The Bertz CT molecular complexity index is 795. The minimum absolute atomic E-state index is 0.0497. The van der Waals surface area contributed by atoms with Crippen molar-refractivity contribution in [1.29, 1.82) is 0 Å². The Morgan fingerprint density at radius 3 is 2.88 bits per heavy atom. The summed E-state index contributed by atoms with van der Waals surface area (Å²) in [5.74, 6) is 1.09. The Hall–Kier alpha value is -2.80. The maximum absolute atomic E-state index is 11.0. The first-order valence-electron chi connectivity index (χ1n) is 7.27. The molecule has 0 aliphatic carbocycles. The molecule has 3 rings (SSSR count). The van der Waals surface area contributed by atoms with Crippen LogP contribution in [0.15, 0.2) is 41.5 Å². The van der Waals surface area contributed by atoms with Crippen molar-refractivity contribution < 1.29 is 14.4 Å². The van der Waals surface area contributed by atoms with Gasteiger partial charge in [-0.25, -0.2) is 0 Å². The summed E-state index contributed by atoms with van der Waals surface area (Å²) in [5, 5.41) is 15.4. The first-order chi connectivity index (χ1) is 11.6. The summed E-state index contributed by atoms with van der Waals surface area (Å²) in [5.41, 5.74) is 3.61. The number of ether oxygens (including phenoxy) is 2. The number of halogens is 1. The van der Waals surface area contributed by atoms with Crippen LogP contribution in [0.25, 0.3) is 0 Å². The van der Waals surface area contributed by atoms with E-state index in [0.717, 1.165) is 6.42 Å². The molecule has 0 aromatic heterocycles. The quantitative estimate of drug-likeness (QED) is 0.515. The van der Waals surface area contributed by atoms with Crippen molar-refractivity contribution in [1.82, 2.24) is 0 Å². The maximum Gasteiger partial charge on any atom is 0.294 e. The summed E-state index contributed by atoms with van der Waals surface area (Å²) >= 11 is 6.21. The minimum atomic E-state index is -0.470. The van der Waals surface area contributed by atoms with Crippen LogP contribution in [0.1, 0.15) is 12.0 Å². The smallest absolute Gasteiger partial charge is 0.294 e. The Labute approximate surface area is 143 Å². The van der Waals surface area contributed by atoms with Gasteiger partial charge in [-0.05, 0) is 23.8 Å². The monoisotopic (exact) mass is 347 g/mol. The van der Waals surface area contributed by atoms with Gasteiger partial charge in [0.1, 0.15) is 5.69 Å². The summed E-state index contributed by atoms with van der Waals surface area (Å²) < 4.78 is 11.2. The van der Waals surface area contributed by atoms with Gasteiger partial charge in [0.15, 0.2) is 11.5 Å². The molecule has 0 saturated carbocycles. The number of hydrazone groups is 1. The van der Waals surface area contributed by atoms with E-state index in [4.69, 9.17) is 21.1 Å². The highest BCUT2D eigenvalue weighted by molar-refractivity contribution is 6.32. The Balaban J connectivity index is 1.79. The fourth-order valence-electron chi connectivity index (χ4n) is 2.23. The molecule has 0 spiro atoms. The van der Waals surface area contributed by atoms with Crippen LogP contribution in [0.4, 0.5) is 11.4 Å². The highest BCUT2D eigenvalue weighted by atomic mass is 35.5. The molecule has 1 heterocycles. The van der Waals surface area contributed by atoms with Crippen molar-refractivity contribution >= 4 is 29.2 Å². The van der Waals surface area contributed by atoms with Crippen molar-refractivity contribution in [3.05, 3.63) is 57.1 Å². The number of hydrogen-bond donors (Lipinski definition) is 1. The summed E-state index contributed by atoms with van der Waals surface area (Å²) in [6, 6.07) is 9.72. The summed E-state index contributed by atoms with van der Waals surface area (Å²) in [4.78, 5) is 10.5. The van der Waals surface area contributed by atoms with Crippen LogP contribution in [-0.4, -0.2) is 24.4 Å². The third-order valence-corrected chi connectivity index (χ3v) is 3.60. The Morgan fingerprint density at radius 2 is 2.04 bits per heavy atom. The Kier molecular flexibility index (Phi) is 4.81. The normalized spacial score (nSPS) is 13.5. The Morgan fingerprint density at radius 1 is 1.25 bits per heavy atom. The van der Waals surface area contributed by atoms with Gasteiger partial charge in [-0.1, -0.05) is 23.7 Å². The number of nitro groups is 1. The molecular weight excluding hydrogens is 334 g/mol. The number of nitrogens with one attached hydrogen (secondary N) is 1. The topological polar surface area (TPSA) is 86.0 Å². The van der Waals surface area contributed by atoms with Crippen LogP contribution in [0.5, 0.6) is 11.5 Å². The standard InChI is InChI=1S/C16H14ClN3O4/c17-12-8-11(9-15-16(12)24-7-3-6-23-15)10-18-19-13-4-1-2-5-14(13)20(21)22/h1-2,4-5,8-10,19H,3,6-7H2/b18-10-. The zero-order valence-electron chi connectivity index (χ0n) is 12.6. The zero-order valence-corrected chi connectivity index (χ0v) is 13.3. The van der Waals surface area contributed by atoms with Gasteiger partial charge >= 0.3 is 0 Å². The third kappa shape index (κ3) is 3.57. The molecule has 1 aliphatic rings. The predicted octanol–water partition coefficient (Wildman–Crippen LogP) is 3.86. The highest BCUT2D eigenvalue weighted by Crippen LogP contribution is 2.37. The van der Waals surface area contributed by atoms with Gasteiger partial charge in [0, 0.05) is 12.5 Å². The lowest BCUT2D eigenvalue weighted by Crippen LogP contribution is -1.97. The second-order valence-electron chi connectivity index (χ2n) is 5.02. The van der Waals surface area contributed by atoms with Crippen molar-refractivity contribution in [3.8, 4) is 11.5 Å². The number of para-hydroxylation sites is 2. The van der Waals surface area contributed by atoms with Crippen LogP contribution in [0.3, 0.4) is 0 Å². The highest BCUT2D eigenvalue weighted by Gasteiger charge is 2.15. The molecule has 2 aromatic carbocycles. The molecular formula is C16H14ClN3O4.